The summed E-state index contributed by atoms with van der Waals surface area (Å²) < 4.78 is 37.9. The topological polar surface area (TPSA) is 28.7 Å². The molecule has 0 bridgehead atoms. The van der Waals surface area contributed by atoms with Gasteiger partial charge in [0.05, 0.1) is 5.69 Å². The van der Waals surface area contributed by atoms with Gasteiger partial charge >= 0.3 is 6.18 Å². The van der Waals surface area contributed by atoms with Crippen molar-refractivity contribution < 1.29 is 13.2 Å². The van der Waals surface area contributed by atoms with Crippen LogP contribution in [0.2, 0.25) is 0 Å². The van der Waals surface area contributed by atoms with Crippen LogP contribution in [-0.4, -0.2) is 9.97 Å². The minimum Gasteiger partial charge on any atom is -0.361 e. The van der Waals surface area contributed by atoms with E-state index in [-0.39, 0.29) is 0 Å². The van der Waals surface area contributed by atoms with E-state index in [2.05, 4.69) is 9.97 Å². The summed E-state index contributed by atoms with van der Waals surface area (Å²) in [5.74, 6) is 0. The zero-order valence-electron chi connectivity index (χ0n) is 9.70. The number of alkyl halides is 3. The molecule has 0 saturated carbocycles. The fourth-order valence-electron chi connectivity index (χ4n) is 1.96. The van der Waals surface area contributed by atoms with E-state index in [1.54, 1.807) is 24.4 Å². The number of benzene rings is 1. The zero-order chi connectivity index (χ0) is 13.5. The molecular weight excluding hydrogens is 253 g/mol. The molecule has 3 aromatic rings. The Morgan fingerprint density at radius 1 is 1.00 bits per heavy atom. The van der Waals surface area contributed by atoms with E-state index in [1.165, 1.54) is 6.07 Å². The van der Waals surface area contributed by atoms with Crippen LogP contribution in [-0.2, 0) is 6.18 Å². The minimum atomic E-state index is -4.42. The smallest absolute Gasteiger partial charge is 0.361 e. The average Bonchev–Trinajstić information content (AvgIpc) is 2.85. The molecule has 0 amide bonds. The number of rotatable bonds is 1. The van der Waals surface area contributed by atoms with Crippen molar-refractivity contribution in [2.75, 3.05) is 0 Å². The Kier molecular flexibility index (Phi) is 2.55. The highest BCUT2D eigenvalue weighted by Crippen LogP contribution is 2.30. The van der Waals surface area contributed by atoms with Crippen LogP contribution in [0.5, 0.6) is 0 Å². The number of hydrogen-bond acceptors (Lipinski definition) is 1. The van der Waals surface area contributed by atoms with Crippen LogP contribution in [0.1, 0.15) is 5.69 Å². The van der Waals surface area contributed by atoms with Crippen molar-refractivity contribution >= 4 is 10.9 Å². The van der Waals surface area contributed by atoms with Crippen LogP contribution in [0, 0.1) is 0 Å². The van der Waals surface area contributed by atoms with Gasteiger partial charge < -0.3 is 4.98 Å². The summed E-state index contributed by atoms with van der Waals surface area (Å²) >= 11 is 0. The quantitative estimate of drug-likeness (QED) is 0.697. The van der Waals surface area contributed by atoms with E-state index >= 15 is 0 Å². The number of hydrogen-bond donors (Lipinski definition) is 1. The standard InChI is InChI=1S/C14H9F3N2/c15-14(16,17)13-3-1-2-11(19-13)10-5-4-9-6-7-18-12(9)8-10/h1-8,18H. The molecule has 0 fully saturated rings. The molecule has 2 heterocycles. The first-order valence-corrected chi connectivity index (χ1v) is 5.66. The molecule has 1 N–H and O–H groups in total. The Labute approximate surface area is 106 Å². The Hall–Kier alpha value is -2.30. The van der Waals surface area contributed by atoms with Crippen molar-refractivity contribution in [2.24, 2.45) is 0 Å². The van der Waals surface area contributed by atoms with E-state index < -0.39 is 11.9 Å². The summed E-state index contributed by atoms with van der Waals surface area (Å²) in [6.45, 7) is 0. The number of fused-ring (bicyclic) bond motifs is 1. The number of pyridine rings is 1. The SMILES string of the molecule is FC(F)(F)c1cccc(-c2ccc3cc[nH]c3c2)n1. The first-order valence-electron chi connectivity index (χ1n) is 5.66. The van der Waals surface area contributed by atoms with Gasteiger partial charge in [-0.25, -0.2) is 4.98 Å². The second kappa shape index (κ2) is 4.12. The number of nitrogens with zero attached hydrogens (tertiary/aromatic N) is 1. The number of aromatic nitrogens is 2. The maximum atomic E-state index is 12.6. The average molecular weight is 262 g/mol. The van der Waals surface area contributed by atoms with E-state index in [1.807, 2.05) is 12.1 Å². The highest BCUT2D eigenvalue weighted by atomic mass is 19.4. The molecule has 0 unspecified atom stereocenters. The maximum Gasteiger partial charge on any atom is 0.433 e. The minimum absolute atomic E-state index is 0.311. The van der Waals surface area contributed by atoms with Gasteiger partial charge in [0, 0.05) is 17.3 Å². The van der Waals surface area contributed by atoms with Crippen LogP contribution in [0.3, 0.4) is 0 Å². The summed E-state index contributed by atoms with van der Waals surface area (Å²) in [5.41, 5.74) is 0.959. The number of nitrogens with one attached hydrogen (secondary N) is 1. The van der Waals surface area contributed by atoms with E-state index in [4.69, 9.17) is 0 Å². The van der Waals surface area contributed by atoms with Gasteiger partial charge in [0.25, 0.3) is 0 Å². The third-order valence-corrected chi connectivity index (χ3v) is 2.89. The van der Waals surface area contributed by atoms with Crippen molar-refractivity contribution in [1.82, 2.24) is 9.97 Å². The zero-order valence-corrected chi connectivity index (χ0v) is 9.70. The predicted octanol–water partition coefficient (Wildman–Crippen LogP) is 4.25. The van der Waals surface area contributed by atoms with Crippen LogP contribution < -0.4 is 0 Å². The van der Waals surface area contributed by atoms with Gasteiger partial charge in [0.15, 0.2) is 0 Å². The second-order valence-corrected chi connectivity index (χ2v) is 4.19. The Morgan fingerprint density at radius 3 is 2.63 bits per heavy atom. The first-order chi connectivity index (χ1) is 9.04. The highest BCUT2D eigenvalue weighted by Gasteiger charge is 2.32. The molecular formula is C14H9F3N2. The lowest BCUT2D eigenvalue weighted by molar-refractivity contribution is -0.141. The van der Waals surface area contributed by atoms with Crippen molar-refractivity contribution in [2.45, 2.75) is 6.18 Å². The van der Waals surface area contributed by atoms with Gasteiger partial charge in [-0.2, -0.15) is 13.2 Å². The number of H-pyrrole nitrogens is 1. The molecule has 0 saturated heterocycles. The Bertz CT molecular complexity index is 729. The van der Waals surface area contributed by atoms with Crippen LogP contribution in [0.25, 0.3) is 22.2 Å². The van der Waals surface area contributed by atoms with Gasteiger partial charge in [-0.3, -0.25) is 0 Å². The molecule has 0 aliphatic carbocycles. The van der Waals surface area contributed by atoms with Crippen LogP contribution >= 0.6 is 0 Å². The van der Waals surface area contributed by atoms with E-state index in [0.29, 0.717) is 11.3 Å². The highest BCUT2D eigenvalue weighted by molar-refractivity contribution is 5.84. The summed E-state index contributed by atoms with van der Waals surface area (Å²) in [5, 5.41) is 1.01. The first kappa shape index (κ1) is 11.8. The van der Waals surface area contributed by atoms with Gasteiger partial charge in [0.2, 0.25) is 0 Å². The summed E-state index contributed by atoms with van der Waals surface area (Å²) in [6, 6.07) is 11.2. The number of aromatic amines is 1. The Balaban J connectivity index is 2.10. The molecule has 0 aliphatic heterocycles. The molecule has 3 rings (SSSR count). The van der Waals surface area contributed by atoms with E-state index in [9.17, 15) is 13.2 Å². The molecule has 5 heteroatoms. The van der Waals surface area contributed by atoms with Gasteiger partial charge in [-0.05, 0) is 29.7 Å². The maximum absolute atomic E-state index is 12.6. The summed E-state index contributed by atoms with van der Waals surface area (Å²) in [4.78, 5) is 6.69. The molecule has 2 nitrogen and oxygen atoms in total. The molecule has 0 aliphatic rings. The lowest BCUT2D eigenvalue weighted by Gasteiger charge is -2.07. The number of halogens is 3. The van der Waals surface area contributed by atoms with Gasteiger partial charge in [0.1, 0.15) is 5.69 Å². The van der Waals surface area contributed by atoms with E-state index in [0.717, 1.165) is 17.0 Å². The molecule has 0 radical (unpaired) electrons. The molecule has 96 valence electrons. The lowest BCUT2D eigenvalue weighted by atomic mass is 10.1. The van der Waals surface area contributed by atoms with Gasteiger partial charge in [-0.15, -0.1) is 0 Å². The van der Waals surface area contributed by atoms with Gasteiger partial charge in [-0.1, -0.05) is 18.2 Å². The largest absolute Gasteiger partial charge is 0.433 e. The van der Waals surface area contributed by atoms with Crippen LogP contribution in [0.4, 0.5) is 13.2 Å². The van der Waals surface area contributed by atoms with Crippen LogP contribution in [0.15, 0.2) is 48.7 Å². The monoisotopic (exact) mass is 262 g/mol. The fraction of sp³-hybridized carbons (Fsp3) is 0.0714. The third kappa shape index (κ3) is 2.19. The molecule has 0 spiro atoms. The van der Waals surface area contributed by atoms with Crippen molar-refractivity contribution in [3.05, 3.63) is 54.4 Å². The van der Waals surface area contributed by atoms with Crippen molar-refractivity contribution in [1.29, 1.82) is 0 Å². The molecule has 0 atom stereocenters. The lowest BCUT2D eigenvalue weighted by Crippen LogP contribution is -2.07. The molecule has 19 heavy (non-hydrogen) atoms. The molecule has 1 aromatic carbocycles. The van der Waals surface area contributed by atoms with Crippen molar-refractivity contribution in [3.8, 4) is 11.3 Å². The summed E-state index contributed by atoms with van der Waals surface area (Å²) in [7, 11) is 0. The molecule has 2 aromatic heterocycles. The third-order valence-electron chi connectivity index (χ3n) is 2.89. The Morgan fingerprint density at radius 2 is 1.84 bits per heavy atom. The summed E-state index contributed by atoms with van der Waals surface area (Å²) in [6.07, 6.45) is -2.64. The normalized spacial score (nSPS) is 11.9. The fourth-order valence-corrected chi connectivity index (χ4v) is 1.96. The predicted molar refractivity (Wildman–Crippen MR) is 66.5 cm³/mol. The second-order valence-electron chi connectivity index (χ2n) is 4.19. The van der Waals surface area contributed by atoms with Crippen molar-refractivity contribution in [3.63, 3.8) is 0 Å².